The van der Waals surface area contributed by atoms with Gasteiger partial charge in [-0.3, -0.25) is 0 Å². The highest BCUT2D eigenvalue weighted by Gasteiger charge is 2.41. The van der Waals surface area contributed by atoms with Crippen molar-refractivity contribution < 1.29 is 9.26 Å². The summed E-state index contributed by atoms with van der Waals surface area (Å²) in [6.45, 7) is 4.40. The van der Waals surface area contributed by atoms with Gasteiger partial charge in [0.1, 0.15) is 5.60 Å². The summed E-state index contributed by atoms with van der Waals surface area (Å²) >= 11 is 0. The van der Waals surface area contributed by atoms with Gasteiger partial charge in [-0.15, -0.1) is 0 Å². The molecule has 1 saturated carbocycles. The fourth-order valence-electron chi connectivity index (χ4n) is 3.10. The van der Waals surface area contributed by atoms with Gasteiger partial charge in [0.05, 0.1) is 6.04 Å². The molecule has 0 bridgehead atoms. The molecule has 114 valence electrons. The highest BCUT2D eigenvalue weighted by molar-refractivity contribution is 5.05. The molecule has 3 atom stereocenters. The SMILES string of the molecule is CCCCC(N)c1nc(C2(OC)CCCC(C)C2)no1. The summed E-state index contributed by atoms with van der Waals surface area (Å²) in [7, 11) is 1.74. The Hall–Kier alpha value is -0.940. The maximum absolute atomic E-state index is 6.10. The molecule has 0 saturated heterocycles. The molecule has 1 aromatic rings. The van der Waals surface area contributed by atoms with E-state index in [-0.39, 0.29) is 11.6 Å². The molecular weight excluding hydrogens is 254 g/mol. The molecule has 0 amide bonds. The Morgan fingerprint density at radius 2 is 2.35 bits per heavy atom. The third-order valence-corrected chi connectivity index (χ3v) is 4.38. The zero-order valence-electron chi connectivity index (χ0n) is 12.9. The van der Waals surface area contributed by atoms with Crippen LogP contribution in [0.4, 0.5) is 0 Å². The second kappa shape index (κ2) is 6.68. The van der Waals surface area contributed by atoms with E-state index in [0.717, 1.165) is 38.5 Å². The highest BCUT2D eigenvalue weighted by atomic mass is 16.5. The van der Waals surface area contributed by atoms with Crippen LogP contribution < -0.4 is 5.73 Å². The van der Waals surface area contributed by atoms with E-state index in [0.29, 0.717) is 17.6 Å². The molecule has 3 unspecified atom stereocenters. The number of ether oxygens (including phenoxy) is 1. The van der Waals surface area contributed by atoms with Crippen LogP contribution in [0, 0.1) is 5.92 Å². The van der Waals surface area contributed by atoms with Crippen LogP contribution in [0.2, 0.25) is 0 Å². The summed E-state index contributed by atoms with van der Waals surface area (Å²) in [5.41, 5.74) is 5.71. The maximum Gasteiger partial charge on any atom is 0.243 e. The second-order valence-corrected chi connectivity index (χ2v) is 6.10. The Morgan fingerprint density at radius 1 is 1.55 bits per heavy atom. The van der Waals surface area contributed by atoms with Gasteiger partial charge in [-0.1, -0.05) is 38.3 Å². The van der Waals surface area contributed by atoms with Gasteiger partial charge in [0.15, 0.2) is 0 Å². The van der Waals surface area contributed by atoms with Crippen LogP contribution in [-0.2, 0) is 10.3 Å². The van der Waals surface area contributed by atoms with Crippen molar-refractivity contribution in [3.05, 3.63) is 11.7 Å². The molecule has 20 heavy (non-hydrogen) atoms. The minimum absolute atomic E-state index is 0.161. The normalized spacial score (nSPS) is 28.5. The van der Waals surface area contributed by atoms with E-state index in [1.54, 1.807) is 7.11 Å². The molecule has 1 aromatic heterocycles. The van der Waals surface area contributed by atoms with E-state index in [2.05, 4.69) is 24.0 Å². The van der Waals surface area contributed by atoms with E-state index in [4.69, 9.17) is 15.0 Å². The lowest BCUT2D eigenvalue weighted by Crippen LogP contribution is -2.35. The number of rotatable bonds is 6. The monoisotopic (exact) mass is 281 g/mol. The summed E-state index contributed by atoms with van der Waals surface area (Å²) in [5, 5.41) is 4.16. The van der Waals surface area contributed by atoms with Crippen molar-refractivity contribution in [2.75, 3.05) is 7.11 Å². The summed E-state index contributed by atoms with van der Waals surface area (Å²) in [6, 6.07) is -0.161. The van der Waals surface area contributed by atoms with Gasteiger partial charge in [-0.05, 0) is 31.6 Å². The van der Waals surface area contributed by atoms with E-state index >= 15 is 0 Å². The molecule has 5 nitrogen and oxygen atoms in total. The Labute approximate surface area is 121 Å². The standard InChI is InChI=1S/C15H27N3O2/c1-4-5-8-12(16)13-17-14(18-20-13)15(19-3)9-6-7-11(2)10-15/h11-12H,4-10,16H2,1-3H3. The molecule has 1 fully saturated rings. The molecule has 0 radical (unpaired) electrons. The van der Waals surface area contributed by atoms with Gasteiger partial charge < -0.3 is 15.0 Å². The number of nitrogens with two attached hydrogens (primary N) is 1. The summed E-state index contributed by atoms with van der Waals surface area (Å²) in [6.07, 6.45) is 7.37. The number of unbranched alkanes of at least 4 members (excludes halogenated alkanes) is 1. The lowest BCUT2D eigenvalue weighted by molar-refractivity contribution is -0.0658. The van der Waals surface area contributed by atoms with Gasteiger partial charge in [0.2, 0.25) is 11.7 Å². The zero-order valence-corrected chi connectivity index (χ0v) is 12.9. The minimum Gasteiger partial charge on any atom is -0.370 e. The van der Waals surface area contributed by atoms with Gasteiger partial charge in [0, 0.05) is 7.11 Å². The summed E-state index contributed by atoms with van der Waals surface area (Å²) < 4.78 is 11.2. The lowest BCUT2D eigenvalue weighted by atomic mass is 9.78. The molecule has 0 aromatic carbocycles. The van der Waals surface area contributed by atoms with Gasteiger partial charge in [-0.2, -0.15) is 4.98 Å². The fourth-order valence-corrected chi connectivity index (χ4v) is 3.10. The summed E-state index contributed by atoms with van der Waals surface area (Å²) in [4.78, 5) is 4.54. The number of hydrogen-bond acceptors (Lipinski definition) is 5. The summed E-state index contributed by atoms with van der Waals surface area (Å²) in [5.74, 6) is 1.84. The van der Waals surface area contributed by atoms with Crippen LogP contribution in [0.25, 0.3) is 0 Å². The highest BCUT2D eigenvalue weighted by Crippen LogP contribution is 2.41. The minimum atomic E-state index is -0.385. The van der Waals surface area contributed by atoms with Crippen molar-refractivity contribution in [3.63, 3.8) is 0 Å². The first-order valence-electron chi connectivity index (χ1n) is 7.76. The Kier molecular flexibility index (Phi) is 5.16. The van der Waals surface area contributed by atoms with Crippen LogP contribution in [0.15, 0.2) is 4.52 Å². The van der Waals surface area contributed by atoms with Gasteiger partial charge >= 0.3 is 0 Å². The molecule has 2 N–H and O–H groups in total. The molecule has 0 spiro atoms. The van der Waals surface area contributed by atoms with E-state index < -0.39 is 0 Å². The van der Waals surface area contributed by atoms with Crippen molar-refractivity contribution in [3.8, 4) is 0 Å². The third kappa shape index (κ3) is 3.20. The quantitative estimate of drug-likeness (QED) is 0.865. The zero-order chi connectivity index (χ0) is 14.6. The maximum atomic E-state index is 6.10. The third-order valence-electron chi connectivity index (χ3n) is 4.38. The molecule has 2 rings (SSSR count). The lowest BCUT2D eigenvalue weighted by Gasteiger charge is -2.36. The largest absolute Gasteiger partial charge is 0.370 e. The average Bonchev–Trinajstić information content (AvgIpc) is 2.95. The van der Waals surface area contributed by atoms with E-state index in [1.807, 2.05) is 0 Å². The van der Waals surface area contributed by atoms with Crippen LogP contribution in [-0.4, -0.2) is 17.3 Å². The van der Waals surface area contributed by atoms with Crippen LogP contribution >= 0.6 is 0 Å². The Bertz CT molecular complexity index is 421. The molecular formula is C15H27N3O2. The number of hydrogen-bond donors (Lipinski definition) is 1. The number of methoxy groups -OCH3 is 1. The molecule has 1 aliphatic rings. The Balaban J connectivity index is 2.13. The first kappa shape index (κ1) is 15.4. The number of aromatic nitrogens is 2. The average molecular weight is 281 g/mol. The fraction of sp³-hybridized carbons (Fsp3) is 0.867. The van der Waals surface area contributed by atoms with Gasteiger partial charge in [0.25, 0.3) is 0 Å². The molecule has 5 heteroatoms. The van der Waals surface area contributed by atoms with Crippen molar-refractivity contribution >= 4 is 0 Å². The smallest absolute Gasteiger partial charge is 0.243 e. The van der Waals surface area contributed by atoms with Crippen molar-refractivity contribution in [2.45, 2.75) is 70.4 Å². The molecule has 0 aliphatic heterocycles. The van der Waals surface area contributed by atoms with Crippen LogP contribution in [0.3, 0.4) is 0 Å². The first-order valence-corrected chi connectivity index (χ1v) is 7.76. The predicted molar refractivity (Wildman–Crippen MR) is 77.1 cm³/mol. The van der Waals surface area contributed by atoms with Crippen molar-refractivity contribution in [2.24, 2.45) is 11.7 Å². The topological polar surface area (TPSA) is 74.2 Å². The first-order chi connectivity index (χ1) is 9.61. The molecule has 1 heterocycles. The van der Waals surface area contributed by atoms with E-state index in [1.165, 1.54) is 6.42 Å². The van der Waals surface area contributed by atoms with Gasteiger partial charge in [-0.25, -0.2) is 0 Å². The van der Waals surface area contributed by atoms with Crippen molar-refractivity contribution in [1.29, 1.82) is 0 Å². The van der Waals surface area contributed by atoms with Crippen molar-refractivity contribution in [1.82, 2.24) is 10.1 Å². The van der Waals surface area contributed by atoms with E-state index in [9.17, 15) is 0 Å². The van der Waals surface area contributed by atoms with Crippen LogP contribution in [0.5, 0.6) is 0 Å². The Morgan fingerprint density at radius 3 is 3.00 bits per heavy atom. The number of nitrogens with zero attached hydrogens (tertiary/aromatic N) is 2. The molecule has 1 aliphatic carbocycles. The second-order valence-electron chi connectivity index (χ2n) is 6.10. The predicted octanol–water partition coefficient (Wildman–Crippen LogP) is 3.31. The van der Waals surface area contributed by atoms with Crippen LogP contribution in [0.1, 0.15) is 76.6 Å².